The van der Waals surface area contributed by atoms with E-state index in [1.807, 2.05) is 0 Å². The van der Waals surface area contributed by atoms with Crippen LogP contribution in [0.5, 0.6) is 0 Å². The second kappa shape index (κ2) is 3.34. The van der Waals surface area contributed by atoms with Gasteiger partial charge in [0.25, 0.3) is 0 Å². The summed E-state index contributed by atoms with van der Waals surface area (Å²) in [6.07, 6.45) is 0. The van der Waals surface area contributed by atoms with Crippen LogP contribution < -0.4 is 0 Å². The standard InChI is InChI=1S/C16H14/c1-11-7-9-16-14(12(11)2)10-8-13-5-3-4-6-15(13)16/h3-10H,1-2H3. The van der Waals surface area contributed by atoms with Gasteiger partial charge in [-0.3, -0.25) is 0 Å². The molecule has 0 bridgehead atoms. The van der Waals surface area contributed by atoms with Gasteiger partial charge in [-0.1, -0.05) is 48.5 Å². The van der Waals surface area contributed by atoms with E-state index in [9.17, 15) is 0 Å². The van der Waals surface area contributed by atoms with Crippen LogP contribution in [0.3, 0.4) is 0 Å². The maximum atomic E-state index is 2.24. The third kappa shape index (κ3) is 1.23. The first-order valence-electron chi connectivity index (χ1n) is 5.65. The predicted octanol–water partition coefficient (Wildman–Crippen LogP) is 4.61. The van der Waals surface area contributed by atoms with Gasteiger partial charge in [-0.05, 0) is 46.5 Å². The molecule has 3 rings (SSSR count). The van der Waals surface area contributed by atoms with Gasteiger partial charge in [0.15, 0.2) is 0 Å². The largest absolute Gasteiger partial charge is 0.0616 e. The van der Waals surface area contributed by atoms with Gasteiger partial charge in [-0.2, -0.15) is 0 Å². The second-order valence-corrected chi connectivity index (χ2v) is 4.39. The fraction of sp³-hybridized carbons (Fsp3) is 0.125. The number of fused-ring (bicyclic) bond motifs is 3. The van der Waals surface area contributed by atoms with E-state index in [2.05, 4.69) is 62.4 Å². The normalized spacial score (nSPS) is 11.1. The van der Waals surface area contributed by atoms with Gasteiger partial charge in [0.2, 0.25) is 0 Å². The molecule has 0 saturated heterocycles. The van der Waals surface area contributed by atoms with E-state index in [4.69, 9.17) is 0 Å². The topological polar surface area (TPSA) is 0 Å². The Kier molecular flexibility index (Phi) is 1.97. The molecule has 0 spiro atoms. The van der Waals surface area contributed by atoms with Crippen molar-refractivity contribution in [2.24, 2.45) is 0 Å². The van der Waals surface area contributed by atoms with Crippen molar-refractivity contribution in [3.8, 4) is 0 Å². The molecule has 0 N–H and O–H groups in total. The van der Waals surface area contributed by atoms with Crippen molar-refractivity contribution >= 4 is 21.5 Å². The van der Waals surface area contributed by atoms with Crippen LogP contribution in [0.4, 0.5) is 0 Å². The summed E-state index contributed by atoms with van der Waals surface area (Å²) in [6, 6.07) is 17.5. The fourth-order valence-electron chi connectivity index (χ4n) is 2.35. The van der Waals surface area contributed by atoms with Gasteiger partial charge in [0.05, 0.1) is 0 Å². The van der Waals surface area contributed by atoms with E-state index in [1.165, 1.54) is 32.7 Å². The first-order chi connectivity index (χ1) is 7.77. The van der Waals surface area contributed by atoms with E-state index in [-0.39, 0.29) is 0 Å². The Morgan fingerprint density at radius 1 is 0.625 bits per heavy atom. The third-order valence-electron chi connectivity index (χ3n) is 3.47. The lowest BCUT2D eigenvalue weighted by molar-refractivity contribution is 1.38. The lowest BCUT2D eigenvalue weighted by Crippen LogP contribution is -1.84. The number of benzene rings is 3. The molecule has 3 aromatic rings. The van der Waals surface area contributed by atoms with Crippen molar-refractivity contribution in [2.75, 3.05) is 0 Å². The number of hydrogen-bond acceptors (Lipinski definition) is 0. The number of rotatable bonds is 0. The van der Waals surface area contributed by atoms with E-state index in [0.717, 1.165) is 0 Å². The summed E-state index contributed by atoms with van der Waals surface area (Å²) in [5.41, 5.74) is 2.76. The van der Waals surface area contributed by atoms with Gasteiger partial charge in [0, 0.05) is 0 Å². The van der Waals surface area contributed by atoms with E-state index >= 15 is 0 Å². The minimum Gasteiger partial charge on any atom is -0.0616 e. The molecule has 0 saturated carbocycles. The molecule has 0 fully saturated rings. The Hall–Kier alpha value is -1.82. The maximum absolute atomic E-state index is 2.24. The first kappa shape index (κ1) is 9.41. The van der Waals surface area contributed by atoms with Crippen molar-refractivity contribution in [3.63, 3.8) is 0 Å². The molecule has 0 aliphatic rings. The van der Waals surface area contributed by atoms with Crippen LogP contribution in [0, 0.1) is 13.8 Å². The Morgan fingerprint density at radius 3 is 2.25 bits per heavy atom. The smallest absolute Gasteiger partial charge is 0.0103 e. The number of aryl methyl sites for hydroxylation is 2. The van der Waals surface area contributed by atoms with Crippen LogP contribution in [-0.4, -0.2) is 0 Å². The van der Waals surface area contributed by atoms with E-state index < -0.39 is 0 Å². The molecule has 0 radical (unpaired) electrons. The molecule has 0 aliphatic heterocycles. The Labute approximate surface area is 95.5 Å². The molecule has 0 amide bonds. The molecule has 16 heavy (non-hydrogen) atoms. The summed E-state index contributed by atoms with van der Waals surface area (Å²) in [6.45, 7) is 4.37. The molecule has 0 nitrogen and oxygen atoms in total. The highest BCUT2D eigenvalue weighted by atomic mass is 14.1. The van der Waals surface area contributed by atoms with Crippen LogP contribution >= 0.6 is 0 Å². The minimum atomic E-state index is 1.32. The van der Waals surface area contributed by atoms with Crippen LogP contribution in [0.15, 0.2) is 48.5 Å². The fourth-order valence-corrected chi connectivity index (χ4v) is 2.35. The van der Waals surface area contributed by atoms with Crippen molar-refractivity contribution in [2.45, 2.75) is 13.8 Å². The van der Waals surface area contributed by atoms with Crippen LogP contribution in [0.2, 0.25) is 0 Å². The molecule has 3 aromatic carbocycles. The van der Waals surface area contributed by atoms with Gasteiger partial charge < -0.3 is 0 Å². The summed E-state index contributed by atoms with van der Waals surface area (Å²) in [4.78, 5) is 0. The average molecular weight is 206 g/mol. The van der Waals surface area contributed by atoms with Gasteiger partial charge in [-0.25, -0.2) is 0 Å². The van der Waals surface area contributed by atoms with E-state index in [1.54, 1.807) is 0 Å². The summed E-state index contributed by atoms with van der Waals surface area (Å²) in [7, 11) is 0. The van der Waals surface area contributed by atoms with Crippen LogP contribution in [-0.2, 0) is 0 Å². The second-order valence-electron chi connectivity index (χ2n) is 4.39. The quantitative estimate of drug-likeness (QED) is 0.471. The SMILES string of the molecule is Cc1ccc2c(ccc3ccccc32)c1C. The molecule has 0 atom stereocenters. The molecular weight excluding hydrogens is 192 g/mol. The highest BCUT2D eigenvalue weighted by Crippen LogP contribution is 2.28. The molecule has 0 heteroatoms. The minimum absolute atomic E-state index is 1.32. The van der Waals surface area contributed by atoms with Gasteiger partial charge in [-0.15, -0.1) is 0 Å². The zero-order valence-corrected chi connectivity index (χ0v) is 9.62. The molecule has 0 unspecified atom stereocenters. The monoisotopic (exact) mass is 206 g/mol. The molecule has 0 heterocycles. The Balaban J connectivity index is 2.58. The summed E-state index contributed by atoms with van der Waals surface area (Å²) >= 11 is 0. The third-order valence-corrected chi connectivity index (χ3v) is 3.47. The Morgan fingerprint density at radius 2 is 1.38 bits per heavy atom. The maximum Gasteiger partial charge on any atom is -0.0103 e. The van der Waals surface area contributed by atoms with Crippen molar-refractivity contribution in [1.82, 2.24) is 0 Å². The molecular formula is C16H14. The highest BCUT2D eigenvalue weighted by molar-refractivity contribution is 6.08. The van der Waals surface area contributed by atoms with Crippen LogP contribution in [0.1, 0.15) is 11.1 Å². The average Bonchev–Trinajstić information content (AvgIpc) is 2.33. The predicted molar refractivity (Wildman–Crippen MR) is 70.9 cm³/mol. The molecule has 0 aromatic heterocycles. The lowest BCUT2D eigenvalue weighted by atomic mass is 9.96. The van der Waals surface area contributed by atoms with Crippen molar-refractivity contribution in [3.05, 3.63) is 59.7 Å². The van der Waals surface area contributed by atoms with Crippen molar-refractivity contribution < 1.29 is 0 Å². The number of hydrogen-bond donors (Lipinski definition) is 0. The van der Waals surface area contributed by atoms with Gasteiger partial charge in [0.1, 0.15) is 0 Å². The molecule has 0 aliphatic carbocycles. The van der Waals surface area contributed by atoms with Gasteiger partial charge >= 0.3 is 0 Å². The Bertz CT molecular complexity index is 678. The summed E-state index contributed by atoms with van der Waals surface area (Å²) in [5, 5.41) is 5.40. The zero-order chi connectivity index (χ0) is 11.1. The van der Waals surface area contributed by atoms with Crippen molar-refractivity contribution in [1.29, 1.82) is 0 Å². The lowest BCUT2D eigenvalue weighted by Gasteiger charge is -2.08. The first-order valence-corrected chi connectivity index (χ1v) is 5.65. The highest BCUT2D eigenvalue weighted by Gasteiger charge is 2.03. The summed E-state index contributed by atoms with van der Waals surface area (Å²) in [5.74, 6) is 0. The summed E-state index contributed by atoms with van der Waals surface area (Å²) < 4.78 is 0. The van der Waals surface area contributed by atoms with Crippen LogP contribution in [0.25, 0.3) is 21.5 Å². The van der Waals surface area contributed by atoms with E-state index in [0.29, 0.717) is 0 Å². The zero-order valence-electron chi connectivity index (χ0n) is 9.62. The molecule has 78 valence electrons.